The molecule has 0 bridgehead atoms. The minimum atomic E-state index is -1.47. The number of aldehydes is 1. The highest BCUT2D eigenvalue weighted by atomic mass is 79.9. The molecule has 0 aromatic heterocycles. The molecule has 3 unspecified atom stereocenters. The number of carbonyl (C=O) groups is 4. The number of hydrogen-bond acceptors (Lipinski definition) is 7. The van der Waals surface area contributed by atoms with Crippen molar-refractivity contribution in [3.8, 4) is 0 Å². The summed E-state index contributed by atoms with van der Waals surface area (Å²) >= 11 is 3.36. The number of esters is 3. The van der Waals surface area contributed by atoms with E-state index >= 15 is 0 Å². The number of ether oxygens (including phenoxy) is 3. The number of rotatable bonds is 10. The van der Waals surface area contributed by atoms with Crippen LogP contribution in [0, 0.1) is 20.8 Å². The third-order valence-corrected chi connectivity index (χ3v) is 6.32. The molecule has 8 heteroatoms. The number of alkyl halides is 1. The second-order valence-electron chi connectivity index (χ2n) is 8.59. The summed E-state index contributed by atoms with van der Waals surface area (Å²) in [4.78, 5) is 49.2. The molecule has 0 aliphatic carbocycles. The highest BCUT2D eigenvalue weighted by molar-refractivity contribution is 9.09. The molecule has 0 aliphatic rings. The van der Waals surface area contributed by atoms with Gasteiger partial charge in [-0.25, -0.2) is 14.4 Å². The molecule has 0 N–H and O–H groups in total. The largest absolute Gasteiger partial charge is 0.461 e. The Morgan fingerprint density at radius 3 is 1.46 bits per heavy atom. The topological polar surface area (TPSA) is 96.0 Å². The molecule has 0 heterocycles. The highest BCUT2D eigenvalue weighted by Crippen LogP contribution is 2.20. The van der Waals surface area contributed by atoms with Crippen molar-refractivity contribution < 1.29 is 33.4 Å². The number of benzene rings is 3. The second-order valence-corrected chi connectivity index (χ2v) is 9.76. The molecule has 0 saturated heterocycles. The molecule has 3 aromatic rings. The van der Waals surface area contributed by atoms with E-state index in [9.17, 15) is 19.2 Å². The Balaban J connectivity index is 1.78. The average Bonchev–Trinajstić information content (AvgIpc) is 2.90. The molecule has 0 fully saturated rings. The fourth-order valence-electron chi connectivity index (χ4n) is 3.30. The molecule has 7 nitrogen and oxygen atoms in total. The van der Waals surface area contributed by atoms with Crippen LogP contribution in [-0.4, -0.2) is 47.8 Å². The Morgan fingerprint density at radius 1 is 0.676 bits per heavy atom. The summed E-state index contributed by atoms with van der Waals surface area (Å²) in [5.74, 6) is -2.07. The normalized spacial score (nSPS) is 13.1. The van der Waals surface area contributed by atoms with Gasteiger partial charge >= 0.3 is 17.9 Å². The van der Waals surface area contributed by atoms with Crippen LogP contribution in [0.4, 0.5) is 0 Å². The van der Waals surface area contributed by atoms with E-state index in [-0.39, 0.29) is 17.7 Å². The molecule has 0 amide bonds. The Labute approximate surface area is 223 Å². The van der Waals surface area contributed by atoms with E-state index < -0.39 is 34.9 Å². The maximum atomic E-state index is 12.9. The Kier molecular flexibility index (Phi) is 9.74. The van der Waals surface area contributed by atoms with Crippen molar-refractivity contribution in [3.05, 3.63) is 106 Å². The summed E-state index contributed by atoms with van der Waals surface area (Å²) in [5, 5.41) is 0. The monoisotopic (exact) mass is 566 g/mol. The first kappa shape index (κ1) is 27.8. The summed E-state index contributed by atoms with van der Waals surface area (Å²) in [7, 11) is 0. The zero-order valence-corrected chi connectivity index (χ0v) is 22.3. The van der Waals surface area contributed by atoms with Crippen LogP contribution < -0.4 is 0 Å². The van der Waals surface area contributed by atoms with Gasteiger partial charge in [-0.15, -0.1) is 0 Å². The Morgan fingerprint density at radius 2 is 1.05 bits per heavy atom. The number of hydrogen-bond donors (Lipinski definition) is 0. The molecule has 3 aromatic carbocycles. The minimum absolute atomic E-state index is 0.234. The third-order valence-electron chi connectivity index (χ3n) is 5.54. The van der Waals surface area contributed by atoms with E-state index in [1.54, 1.807) is 72.8 Å². The quantitative estimate of drug-likeness (QED) is 0.144. The smallest absolute Gasteiger partial charge is 0.338 e. The van der Waals surface area contributed by atoms with Crippen molar-refractivity contribution in [3.63, 3.8) is 0 Å². The van der Waals surface area contributed by atoms with Crippen LogP contribution in [0.2, 0.25) is 0 Å². The van der Waals surface area contributed by atoms with Crippen molar-refractivity contribution in [1.82, 2.24) is 0 Å². The van der Waals surface area contributed by atoms with Crippen LogP contribution >= 0.6 is 15.9 Å². The van der Waals surface area contributed by atoms with E-state index in [4.69, 9.17) is 14.2 Å². The highest BCUT2D eigenvalue weighted by Gasteiger charge is 2.36. The summed E-state index contributed by atoms with van der Waals surface area (Å²) in [6.07, 6.45) is -2.37. The number of halogens is 1. The lowest BCUT2D eigenvalue weighted by Crippen LogP contribution is -2.44. The van der Waals surface area contributed by atoms with Gasteiger partial charge in [-0.3, -0.25) is 4.79 Å². The molecule has 3 rings (SSSR count). The molecular formula is C29H27BrO7. The average molecular weight is 567 g/mol. The first-order chi connectivity index (χ1) is 17.7. The van der Waals surface area contributed by atoms with E-state index in [0.29, 0.717) is 11.8 Å². The van der Waals surface area contributed by atoms with Gasteiger partial charge in [-0.1, -0.05) is 69.0 Å². The van der Waals surface area contributed by atoms with Gasteiger partial charge in [0.15, 0.2) is 18.5 Å². The van der Waals surface area contributed by atoms with Gasteiger partial charge in [0.2, 0.25) is 0 Å². The zero-order valence-electron chi connectivity index (χ0n) is 20.7. The zero-order chi connectivity index (χ0) is 26.9. The summed E-state index contributed by atoms with van der Waals surface area (Å²) in [6.45, 7) is 5.39. The number of aryl methyl sites for hydroxylation is 3. The molecular weight excluding hydrogens is 540 g/mol. The fourth-order valence-corrected chi connectivity index (χ4v) is 3.85. The molecule has 0 aliphatic heterocycles. The lowest BCUT2D eigenvalue weighted by atomic mass is 10.1. The first-order valence-electron chi connectivity index (χ1n) is 11.6. The summed E-state index contributed by atoms with van der Waals surface area (Å²) in [6, 6.07) is 20.1. The fraction of sp³-hybridized carbons (Fsp3) is 0.241. The lowest BCUT2D eigenvalue weighted by molar-refractivity contribution is -0.122. The van der Waals surface area contributed by atoms with Gasteiger partial charge in [0.05, 0.1) is 21.5 Å². The van der Waals surface area contributed by atoms with E-state index in [0.717, 1.165) is 16.7 Å². The van der Waals surface area contributed by atoms with Gasteiger partial charge in [-0.05, 0) is 57.2 Å². The molecule has 37 heavy (non-hydrogen) atoms. The van der Waals surface area contributed by atoms with Crippen molar-refractivity contribution >= 4 is 40.1 Å². The van der Waals surface area contributed by atoms with Crippen molar-refractivity contribution in [2.45, 2.75) is 37.8 Å². The van der Waals surface area contributed by atoms with E-state index in [1.165, 1.54) is 0 Å². The second kappa shape index (κ2) is 13.0. The number of carbonyl (C=O) groups excluding carboxylic acids is 4. The lowest BCUT2D eigenvalue weighted by Gasteiger charge is -2.27. The molecule has 0 spiro atoms. The van der Waals surface area contributed by atoms with Crippen LogP contribution in [0.1, 0.15) is 47.8 Å². The Hall–Kier alpha value is -3.78. The van der Waals surface area contributed by atoms with Crippen LogP contribution in [0.3, 0.4) is 0 Å². The maximum absolute atomic E-state index is 12.9. The van der Waals surface area contributed by atoms with Crippen LogP contribution in [0.5, 0.6) is 0 Å². The van der Waals surface area contributed by atoms with Crippen molar-refractivity contribution in [2.75, 3.05) is 6.61 Å². The van der Waals surface area contributed by atoms with Crippen LogP contribution in [0.25, 0.3) is 0 Å². The Bertz CT molecular complexity index is 1230. The molecule has 0 saturated carbocycles. The van der Waals surface area contributed by atoms with Gasteiger partial charge in [0.25, 0.3) is 0 Å². The SMILES string of the molecule is Cc1ccc(C(=O)OCC(Br)C(OC(=O)c2ccc(C)cc2)C(C=O)OC(=O)c2ccc(C)cc2)cc1. The van der Waals surface area contributed by atoms with Gasteiger partial charge < -0.3 is 14.2 Å². The van der Waals surface area contributed by atoms with Gasteiger partial charge in [0.1, 0.15) is 6.61 Å². The third kappa shape index (κ3) is 7.85. The van der Waals surface area contributed by atoms with Gasteiger partial charge in [0, 0.05) is 0 Å². The van der Waals surface area contributed by atoms with Crippen LogP contribution in [-0.2, 0) is 19.0 Å². The minimum Gasteiger partial charge on any atom is -0.461 e. The molecule has 3 atom stereocenters. The predicted molar refractivity (Wildman–Crippen MR) is 141 cm³/mol. The predicted octanol–water partition coefficient (Wildman–Crippen LogP) is 5.18. The van der Waals surface area contributed by atoms with E-state index in [2.05, 4.69) is 15.9 Å². The molecule has 0 radical (unpaired) electrons. The van der Waals surface area contributed by atoms with E-state index in [1.807, 2.05) is 20.8 Å². The van der Waals surface area contributed by atoms with Crippen LogP contribution in [0.15, 0.2) is 72.8 Å². The molecule has 192 valence electrons. The van der Waals surface area contributed by atoms with Crippen molar-refractivity contribution in [2.24, 2.45) is 0 Å². The summed E-state index contributed by atoms with van der Waals surface area (Å²) in [5.41, 5.74) is 3.72. The van der Waals surface area contributed by atoms with Gasteiger partial charge in [-0.2, -0.15) is 0 Å². The summed E-state index contributed by atoms with van der Waals surface area (Å²) < 4.78 is 16.4. The first-order valence-corrected chi connectivity index (χ1v) is 12.5. The van der Waals surface area contributed by atoms with Crippen molar-refractivity contribution in [1.29, 1.82) is 0 Å². The standard InChI is InChI=1S/C29H27BrO7/c1-18-4-10-21(11-5-18)27(32)35-17-24(30)26(37-29(34)23-14-8-20(3)9-15-23)25(16-31)36-28(33)22-12-6-19(2)7-13-22/h4-16,24-26H,17H2,1-3H3. The maximum Gasteiger partial charge on any atom is 0.338 e.